The Morgan fingerprint density at radius 3 is 2.25 bits per heavy atom. The summed E-state index contributed by atoms with van der Waals surface area (Å²) in [5.41, 5.74) is 1.35. The van der Waals surface area contributed by atoms with Crippen LogP contribution in [-0.4, -0.2) is 17.5 Å². The molecule has 0 aromatic carbocycles. The zero-order valence-electron chi connectivity index (χ0n) is 9.02. The van der Waals surface area contributed by atoms with Crippen LogP contribution >= 0.6 is 0 Å². The van der Waals surface area contributed by atoms with Gasteiger partial charge in [-0.3, -0.25) is 0 Å². The van der Waals surface area contributed by atoms with Crippen LogP contribution in [0.15, 0.2) is 24.4 Å². The topological polar surface area (TPSA) is 3.24 Å². The lowest BCUT2D eigenvalue weighted by Gasteiger charge is -2.35. The molecule has 1 heteroatoms. The van der Waals surface area contributed by atoms with Gasteiger partial charge in [0.1, 0.15) is 0 Å². The molecule has 0 rings (SSSR count). The molecule has 0 radical (unpaired) electrons. The molecule has 70 valence electrons. The van der Waals surface area contributed by atoms with E-state index in [-0.39, 0.29) is 5.54 Å². The van der Waals surface area contributed by atoms with Crippen LogP contribution in [0.4, 0.5) is 0 Å². The Balaban J connectivity index is 4.11. The maximum atomic E-state index is 4.03. The first-order chi connectivity index (χ1) is 5.39. The first-order valence-corrected chi connectivity index (χ1v) is 4.42. The molecular formula is C11H21N. The number of nitrogens with zero attached hydrogens (tertiary/aromatic N) is 1. The van der Waals surface area contributed by atoms with Crippen molar-refractivity contribution in [3.05, 3.63) is 24.4 Å². The van der Waals surface area contributed by atoms with Crippen LogP contribution in [0.2, 0.25) is 0 Å². The van der Waals surface area contributed by atoms with E-state index >= 15 is 0 Å². The Morgan fingerprint density at radius 1 is 1.42 bits per heavy atom. The second kappa shape index (κ2) is 4.34. The zero-order valence-corrected chi connectivity index (χ0v) is 9.02. The number of rotatable bonds is 3. The average molecular weight is 167 g/mol. The molecule has 0 aliphatic heterocycles. The summed E-state index contributed by atoms with van der Waals surface area (Å²) in [7, 11) is 2.09. The minimum absolute atomic E-state index is 0.179. The Morgan fingerprint density at radius 2 is 1.92 bits per heavy atom. The van der Waals surface area contributed by atoms with Gasteiger partial charge in [-0.05, 0) is 27.7 Å². The van der Waals surface area contributed by atoms with Crippen LogP contribution in [0, 0.1) is 0 Å². The van der Waals surface area contributed by atoms with Crippen molar-refractivity contribution in [3.8, 4) is 0 Å². The van der Waals surface area contributed by atoms with E-state index in [0.717, 1.165) is 6.42 Å². The Kier molecular flexibility index (Phi) is 4.08. The number of hydrogen-bond donors (Lipinski definition) is 0. The predicted octanol–water partition coefficient (Wildman–Crippen LogP) is 3.20. The highest BCUT2D eigenvalue weighted by Gasteiger charge is 2.16. The molecule has 0 unspecified atom stereocenters. The van der Waals surface area contributed by atoms with Crippen molar-refractivity contribution >= 4 is 0 Å². The summed E-state index contributed by atoms with van der Waals surface area (Å²) in [4.78, 5) is 2.22. The summed E-state index contributed by atoms with van der Waals surface area (Å²) < 4.78 is 0. The highest BCUT2D eigenvalue weighted by Crippen LogP contribution is 2.17. The van der Waals surface area contributed by atoms with E-state index in [0.29, 0.717) is 0 Å². The SMILES string of the molecule is C=C(C/C=C\C)N(C)C(C)(C)C. The summed E-state index contributed by atoms with van der Waals surface area (Å²) in [5.74, 6) is 0. The van der Waals surface area contributed by atoms with Gasteiger partial charge in [0.2, 0.25) is 0 Å². The highest BCUT2D eigenvalue weighted by molar-refractivity contribution is 5.03. The van der Waals surface area contributed by atoms with E-state index in [2.05, 4.69) is 51.4 Å². The second-order valence-electron chi connectivity index (χ2n) is 4.07. The van der Waals surface area contributed by atoms with Gasteiger partial charge >= 0.3 is 0 Å². The van der Waals surface area contributed by atoms with E-state index in [1.54, 1.807) is 0 Å². The van der Waals surface area contributed by atoms with E-state index < -0.39 is 0 Å². The molecule has 0 saturated heterocycles. The maximum absolute atomic E-state index is 4.03. The van der Waals surface area contributed by atoms with Crippen molar-refractivity contribution in [1.82, 2.24) is 4.90 Å². The van der Waals surface area contributed by atoms with Crippen LogP contribution in [0.25, 0.3) is 0 Å². The van der Waals surface area contributed by atoms with Crippen LogP contribution in [-0.2, 0) is 0 Å². The van der Waals surface area contributed by atoms with Crippen LogP contribution in [0.3, 0.4) is 0 Å². The highest BCUT2D eigenvalue weighted by atomic mass is 15.2. The summed E-state index contributed by atoms with van der Waals surface area (Å²) >= 11 is 0. The van der Waals surface area contributed by atoms with Crippen LogP contribution < -0.4 is 0 Å². The molecule has 0 aromatic rings. The van der Waals surface area contributed by atoms with Crippen molar-refractivity contribution in [3.63, 3.8) is 0 Å². The molecule has 0 amide bonds. The molecular weight excluding hydrogens is 146 g/mol. The third-order valence-corrected chi connectivity index (χ3v) is 2.07. The second-order valence-corrected chi connectivity index (χ2v) is 4.07. The first-order valence-electron chi connectivity index (χ1n) is 4.42. The van der Waals surface area contributed by atoms with Gasteiger partial charge in [0.05, 0.1) is 0 Å². The minimum atomic E-state index is 0.179. The molecule has 0 fully saturated rings. The van der Waals surface area contributed by atoms with Gasteiger partial charge in [0.15, 0.2) is 0 Å². The van der Waals surface area contributed by atoms with Crippen molar-refractivity contribution in [1.29, 1.82) is 0 Å². The lowest BCUT2D eigenvalue weighted by molar-refractivity contribution is 0.225. The molecule has 0 bridgehead atoms. The van der Waals surface area contributed by atoms with Gasteiger partial charge in [0.25, 0.3) is 0 Å². The molecule has 12 heavy (non-hydrogen) atoms. The van der Waals surface area contributed by atoms with E-state index in [9.17, 15) is 0 Å². The van der Waals surface area contributed by atoms with Crippen molar-refractivity contribution in [2.75, 3.05) is 7.05 Å². The minimum Gasteiger partial charge on any atom is -0.373 e. The summed E-state index contributed by atoms with van der Waals surface area (Å²) in [5, 5.41) is 0. The fourth-order valence-corrected chi connectivity index (χ4v) is 0.865. The molecule has 0 aliphatic rings. The molecule has 0 aliphatic carbocycles. The fourth-order valence-electron chi connectivity index (χ4n) is 0.865. The van der Waals surface area contributed by atoms with Gasteiger partial charge in [0, 0.05) is 24.7 Å². The third-order valence-electron chi connectivity index (χ3n) is 2.07. The summed E-state index contributed by atoms with van der Waals surface area (Å²) in [6, 6.07) is 0. The third kappa shape index (κ3) is 3.61. The van der Waals surface area contributed by atoms with Gasteiger partial charge in [-0.15, -0.1) is 0 Å². The van der Waals surface area contributed by atoms with Crippen LogP contribution in [0.1, 0.15) is 34.1 Å². The molecule has 1 nitrogen and oxygen atoms in total. The Labute approximate surface area is 76.8 Å². The average Bonchev–Trinajstić information content (AvgIpc) is 1.97. The normalized spacial score (nSPS) is 12.1. The van der Waals surface area contributed by atoms with Gasteiger partial charge in [-0.1, -0.05) is 18.7 Å². The van der Waals surface area contributed by atoms with E-state index in [1.807, 2.05) is 6.92 Å². The zero-order chi connectivity index (χ0) is 9.78. The monoisotopic (exact) mass is 167 g/mol. The van der Waals surface area contributed by atoms with E-state index in [1.165, 1.54) is 5.70 Å². The lowest BCUT2D eigenvalue weighted by atomic mass is 10.1. The smallest absolute Gasteiger partial charge is 0.0311 e. The van der Waals surface area contributed by atoms with Crippen molar-refractivity contribution in [2.24, 2.45) is 0 Å². The Hall–Kier alpha value is -0.720. The van der Waals surface area contributed by atoms with E-state index in [4.69, 9.17) is 0 Å². The molecule has 0 heterocycles. The lowest BCUT2D eigenvalue weighted by Crippen LogP contribution is -2.36. The molecule has 0 spiro atoms. The molecule has 0 atom stereocenters. The predicted molar refractivity (Wildman–Crippen MR) is 56.1 cm³/mol. The number of hydrogen-bond acceptors (Lipinski definition) is 1. The van der Waals surface area contributed by atoms with Gasteiger partial charge < -0.3 is 4.90 Å². The maximum Gasteiger partial charge on any atom is 0.0311 e. The van der Waals surface area contributed by atoms with Gasteiger partial charge in [-0.25, -0.2) is 0 Å². The van der Waals surface area contributed by atoms with Crippen molar-refractivity contribution < 1.29 is 0 Å². The van der Waals surface area contributed by atoms with Crippen molar-refractivity contribution in [2.45, 2.75) is 39.7 Å². The largest absolute Gasteiger partial charge is 0.373 e. The standard InChI is InChI=1S/C11H21N/c1-7-8-9-10(2)12(6)11(3,4)5/h7-8H,2,9H2,1,3-6H3/b8-7-. The summed E-state index contributed by atoms with van der Waals surface area (Å²) in [6.07, 6.45) is 5.14. The van der Waals surface area contributed by atoms with Gasteiger partial charge in [-0.2, -0.15) is 0 Å². The fraction of sp³-hybridized carbons (Fsp3) is 0.636. The number of allylic oxidation sites excluding steroid dienone is 2. The molecule has 0 saturated carbocycles. The molecule has 0 N–H and O–H groups in total. The molecule has 0 aromatic heterocycles. The summed E-state index contributed by atoms with van der Waals surface area (Å²) in [6.45, 7) is 12.6. The first kappa shape index (κ1) is 11.3. The quantitative estimate of drug-likeness (QED) is 0.583. The Bertz CT molecular complexity index is 172. The van der Waals surface area contributed by atoms with Crippen LogP contribution in [0.5, 0.6) is 0 Å².